The number of amides is 2. The van der Waals surface area contributed by atoms with Crippen molar-refractivity contribution in [1.82, 2.24) is 14.7 Å². The van der Waals surface area contributed by atoms with E-state index in [1.54, 1.807) is 12.3 Å². The first-order chi connectivity index (χ1) is 13.6. The quantitative estimate of drug-likeness (QED) is 0.720. The van der Waals surface area contributed by atoms with E-state index < -0.39 is 6.10 Å². The van der Waals surface area contributed by atoms with Gasteiger partial charge in [0, 0.05) is 39.2 Å². The fraction of sp³-hybridized carbons (Fsp3) is 0.450. The van der Waals surface area contributed by atoms with Crippen molar-refractivity contribution in [3.05, 3.63) is 48.2 Å². The lowest BCUT2D eigenvalue weighted by Gasteiger charge is -2.32. The molecule has 1 aliphatic rings. The van der Waals surface area contributed by atoms with Gasteiger partial charge < -0.3 is 20.7 Å². The van der Waals surface area contributed by atoms with E-state index in [0.29, 0.717) is 18.8 Å². The van der Waals surface area contributed by atoms with Crippen LogP contribution in [0.5, 0.6) is 0 Å². The monoisotopic (exact) mass is 385 g/mol. The lowest BCUT2D eigenvalue weighted by molar-refractivity contribution is -0.126. The van der Waals surface area contributed by atoms with Crippen LogP contribution in [-0.2, 0) is 14.3 Å². The fourth-order valence-corrected chi connectivity index (χ4v) is 3.57. The Labute approximate surface area is 164 Å². The molecule has 3 rings (SSSR count). The van der Waals surface area contributed by atoms with Crippen molar-refractivity contribution in [2.75, 3.05) is 32.1 Å². The van der Waals surface area contributed by atoms with Gasteiger partial charge >= 0.3 is 0 Å². The molecule has 0 unspecified atom stereocenters. The van der Waals surface area contributed by atoms with Gasteiger partial charge in [-0.25, -0.2) is 4.68 Å². The molecule has 3 N–H and O–H groups in total. The Morgan fingerprint density at radius 1 is 1.25 bits per heavy atom. The number of ether oxygens (including phenoxy) is 1. The van der Waals surface area contributed by atoms with Crippen LogP contribution in [0.3, 0.4) is 0 Å². The lowest BCUT2D eigenvalue weighted by Crippen LogP contribution is -2.37. The number of nitrogens with zero attached hydrogens (tertiary/aromatic N) is 3. The summed E-state index contributed by atoms with van der Waals surface area (Å²) in [7, 11) is 1.52. The van der Waals surface area contributed by atoms with Crippen LogP contribution in [0.25, 0.3) is 0 Å². The van der Waals surface area contributed by atoms with Crippen LogP contribution in [0, 0.1) is 0 Å². The van der Waals surface area contributed by atoms with Crippen molar-refractivity contribution in [1.29, 1.82) is 0 Å². The second-order valence-corrected chi connectivity index (χ2v) is 6.97. The van der Waals surface area contributed by atoms with Crippen molar-refractivity contribution in [2.45, 2.75) is 31.4 Å². The zero-order valence-electron chi connectivity index (χ0n) is 16.1. The largest absolute Gasteiger partial charge is 0.370 e. The minimum atomic E-state index is -0.680. The third kappa shape index (κ3) is 4.96. The molecule has 28 heavy (non-hydrogen) atoms. The van der Waals surface area contributed by atoms with Gasteiger partial charge in [0.1, 0.15) is 5.82 Å². The Morgan fingerprint density at radius 3 is 2.61 bits per heavy atom. The molecule has 1 fully saturated rings. The zero-order valence-corrected chi connectivity index (χ0v) is 16.1. The van der Waals surface area contributed by atoms with Gasteiger partial charge in [-0.05, 0) is 18.4 Å². The number of benzene rings is 1. The van der Waals surface area contributed by atoms with Crippen molar-refractivity contribution in [2.24, 2.45) is 5.73 Å². The third-order valence-electron chi connectivity index (χ3n) is 5.08. The highest BCUT2D eigenvalue weighted by molar-refractivity contribution is 5.94. The van der Waals surface area contributed by atoms with Gasteiger partial charge in [-0.1, -0.05) is 30.3 Å². The van der Waals surface area contributed by atoms with Gasteiger partial charge in [0.05, 0.1) is 12.2 Å². The molecule has 150 valence electrons. The number of nitrogens with two attached hydrogens (primary N) is 1. The van der Waals surface area contributed by atoms with E-state index in [1.165, 1.54) is 7.11 Å². The highest BCUT2D eigenvalue weighted by atomic mass is 16.5. The molecule has 2 amide bonds. The number of primary amides is 1. The standard InChI is InChI=1S/C20H27N5O3/c1-28-19(15-5-3-2-4-6-15)20(27)23-18-7-11-22-25(18)16-8-12-24(13-9-16)14-10-17(21)26/h2-7,11,16,19H,8-10,12-14H2,1H3,(H2,21,26)(H,23,27)/t19-/m1/s1. The number of piperidine rings is 1. The molecule has 0 aliphatic carbocycles. The molecule has 8 heteroatoms. The molecule has 0 saturated carbocycles. The topological polar surface area (TPSA) is 102 Å². The Morgan fingerprint density at radius 2 is 1.96 bits per heavy atom. The van der Waals surface area contributed by atoms with E-state index in [4.69, 9.17) is 10.5 Å². The second kappa shape index (κ2) is 9.48. The van der Waals surface area contributed by atoms with Gasteiger partial charge in [-0.3, -0.25) is 9.59 Å². The predicted molar refractivity (Wildman–Crippen MR) is 106 cm³/mol. The molecule has 1 aromatic carbocycles. The van der Waals surface area contributed by atoms with E-state index in [9.17, 15) is 9.59 Å². The van der Waals surface area contributed by atoms with Gasteiger partial charge in [0.2, 0.25) is 5.91 Å². The average molecular weight is 385 g/mol. The number of nitrogens with one attached hydrogen (secondary N) is 1. The first-order valence-corrected chi connectivity index (χ1v) is 9.51. The Bertz CT molecular complexity index is 784. The van der Waals surface area contributed by atoms with Crippen molar-refractivity contribution in [3.8, 4) is 0 Å². The number of carbonyl (C=O) groups excluding carboxylic acids is 2. The summed E-state index contributed by atoms with van der Waals surface area (Å²) in [6, 6.07) is 11.4. The summed E-state index contributed by atoms with van der Waals surface area (Å²) in [6.07, 6.45) is 3.19. The number of rotatable bonds is 8. The van der Waals surface area contributed by atoms with Crippen LogP contribution in [0.4, 0.5) is 5.82 Å². The van der Waals surface area contributed by atoms with Gasteiger partial charge in [-0.15, -0.1) is 0 Å². The molecule has 1 atom stereocenters. The number of hydrogen-bond acceptors (Lipinski definition) is 5. The van der Waals surface area contributed by atoms with Crippen LogP contribution in [0.1, 0.15) is 37.0 Å². The molecule has 0 spiro atoms. The van der Waals surface area contributed by atoms with Crippen LogP contribution in [0.2, 0.25) is 0 Å². The van der Waals surface area contributed by atoms with Crippen LogP contribution >= 0.6 is 0 Å². The minimum Gasteiger partial charge on any atom is -0.370 e. The lowest BCUT2D eigenvalue weighted by atomic mass is 10.0. The number of methoxy groups -OCH3 is 1. The van der Waals surface area contributed by atoms with Crippen LogP contribution in [-0.4, -0.2) is 53.2 Å². The SMILES string of the molecule is CO[C@@H](C(=O)Nc1ccnn1C1CCN(CCC(N)=O)CC1)c1ccccc1. The molecule has 0 bridgehead atoms. The molecular weight excluding hydrogens is 358 g/mol. The fourth-order valence-electron chi connectivity index (χ4n) is 3.57. The summed E-state index contributed by atoms with van der Waals surface area (Å²) >= 11 is 0. The summed E-state index contributed by atoms with van der Waals surface area (Å²) in [5.74, 6) is 0.165. The van der Waals surface area contributed by atoms with E-state index in [0.717, 1.165) is 31.5 Å². The molecule has 1 aliphatic heterocycles. The van der Waals surface area contributed by atoms with E-state index in [2.05, 4.69) is 15.3 Å². The number of anilines is 1. The zero-order chi connectivity index (χ0) is 19.9. The normalized spacial score (nSPS) is 16.6. The highest BCUT2D eigenvalue weighted by Crippen LogP contribution is 2.26. The number of likely N-dealkylation sites (tertiary alicyclic amines) is 1. The minimum absolute atomic E-state index is 0.202. The van der Waals surface area contributed by atoms with Crippen molar-refractivity contribution < 1.29 is 14.3 Å². The van der Waals surface area contributed by atoms with Crippen LogP contribution in [0.15, 0.2) is 42.6 Å². The smallest absolute Gasteiger partial charge is 0.259 e. The Kier molecular flexibility index (Phi) is 6.78. The van der Waals surface area contributed by atoms with Gasteiger partial charge in [0.25, 0.3) is 5.91 Å². The molecule has 1 saturated heterocycles. The number of hydrogen-bond donors (Lipinski definition) is 2. The number of aromatic nitrogens is 2. The molecule has 0 radical (unpaired) electrons. The molecule has 2 aromatic rings. The maximum Gasteiger partial charge on any atom is 0.259 e. The molecule has 1 aromatic heterocycles. The van der Waals surface area contributed by atoms with Gasteiger partial charge in [-0.2, -0.15) is 5.10 Å². The first-order valence-electron chi connectivity index (χ1n) is 9.51. The number of carbonyl (C=O) groups is 2. The maximum atomic E-state index is 12.7. The van der Waals surface area contributed by atoms with E-state index in [1.807, 2.05) is 35.0 Å². The summed E-state index contributed by atoms with van der Waals surface area (Å²) in [4.78, 5) is 25.9. The van der Waals surface area contributed by atoms with Crippen molar-refractivity contribution in [3.63, 3.8) is 0 Å². The molecule has 8 nitrogen and oxygen atoms in total. The van der Waals surface area contributed by atoms with E-state index in [-0.39, 0.29) is 17.9 Å². The Hall–Kier alpha value is -2.71. The summed E-state index contributed by atoms with van der Waals surface area (Å²) in [6.45, 7) is 2.43. The second-order valence-electron chi connectivity index (χ2n) is 6.97. The van der Waals surface area contributed by atoms with Gasteiger partial charge in [0.15, 0.2) is 6.10 Å². The highest BCUT2D eigenvalue weighted by Gasteiger charge is 2.25. The predicted octanol–water partition coefficient (Wildman–Crippen LogP) is 1.72. The average Bonchev–Trinajstić information content (AvgIpc) is 3.16. The van der Waals surface area contributed by atoms with E-state index >= 15 is 0 Å². The van der Waals surface area contributed by atoms with Crippen molar-refractivity contribution >= 4 is 17.6 Å². The maximum absolute atomic E-state index is 12.7. The first kappa shape index (κ1) is 20.0. The summed E-state index contributed by atoms with van der Waals surface area (Å²) in [5.41, 5.74) is 6.03. The molecular formula is C20H27N5O3. The Balaban J connectivity index is 1.61. The third-order valence-corrected chi connectivity index (χ3v) is 5.08. The summed E-state index contributed by atoms with van der Waals surface area (Å²) < 4.78 is 7.28. The summed E-state index contributed by atoms with van der Waals surface area (Å²) in [5, 5.41) is 7.37. The van der Waals surface area contributed by atoms with Crippen LogP contribution < -0.4 is 11.1 Å². The molecule has 2 heterocycles.